The van der Waals surface area contributed by atoms with Crippen LogP contribution in [0.1, 0.15) is 11.1 Å². The Morgan fingerprint density at radius 3 is 2.62 bits per heavy atom. The van der Waals surface area contributed by atoms with E-state index in [9.17, 15) is 4.79 Å². The lowest BCUT2D eigenvalue weighted by Gasteiger charge is -2.18. The van der Waals surface area contributed by atoms with E-state index in [1.807, 2.05) is 49.4 Å². The van der Waals surface area contributed by atoms with Gasteiger partial charge in [-0.15, -0.1) is 0 Å². The van der Waals surface area contributed by atoms with E-state index in [2.05, 4.69) is 5.43 Å². The van der Waals surface area contributed by atoms with Crippen molar-refractivity contribution in [2.75, 3.05) is 12.5 Å². The first kappa shape index (κ1) is 14.7. The number of benzene rings is 2. The Bertz CT molecular complexity index is 614. The van der Waals surface area contributed by atoms with Gasteiger partial charge < -0.3 is 9.84 Å². The van der Waals surface area contributed by atoms with Gasteiger partial charge in [0.15, 0.2) is 0 Å². The SMILES string of the molecule is Cc1ccc(OCc2ccccc2)cc1NN(C)C(=O)O. The number of carboxylic acid groups (broad SMARTS) is 1. The van der Waals surface area contributed by atoms with Gasteiger partial charge in [-0.25, -0.2) is 9.80 Å². The van der Waals surface area contributed by atoms with Crippen molar-refractivity contribution in [2.24, 2.45) is 0 Å². The van der Waals surface area contributed by atoms with Crippen molar-refractivity contribution in [3.8, 4) is 5.75 Å². The Balaban J connectivity index is 2.06. The molecule has 1 amide bonds. The minimum Gasteiger partial charge on any atom is -0.489 e. The summed E-state index contributed by atoms with van der Waals surface area (Å²) >= 11 is 0. The molecule has 0 saturated heterocycles. The van der Waals surface area contributed by atoms with Crippen LogP contribution in [-0.4, -0.2) is 23.3 Å². The maximum atomic E-state index is 10.8. The third-order valence-corrected chi connectivity index (χ3v) is 3.03. The van der Waals surface area contributed by atoms with E-state index in [4.69, 9.17) is 9.84 Å². The summed E-state index contributed by atoms with van der Waals surface area (Å²) in [6, 6.07) is 15.4. The summed E-state index contributed by atoms with van der Waals surface area (Å²) in [5.74, 6) is 0.686. The Labute approximate surface area is 123 Å². The molecule has 0 aliphatic carbocycles. The quantitative estimate of drug-likeness (QED) is 0.826. The first-order valence-corrected chi connectivity index (χ1v) is 6.57. The molecule has 0 unspecified atom stereocenters. The van der Waals surface area contributed by atoms with Crippen LogP contribution >= 0.6 is 0 Å². The molecule has 0 heterocycles. The van der Waals surface area contributed by atoms with Gasteiger partial charge in [-0.05, 0) is 24.1 Å². The van der Waals surface area contributed by atoms with Crippen LogP contribution in [0.15, 0.2) is 48.5 Å². The molecular weight excluding hydrogens is 268 g/mol. The van der Waals surface area contributed by atoms with Crippen LogP contribution in [-0.2, 0) is 6.61 Å². The van der Waals surface area contributed by atoms with Crippen LogP contribution in [0.2, 0.25) is 0 Å². The normalized spacial score (nSPS) is 10.0. The van der Waals surface area contributed by atoms with E-state index in [1.165, 1.54) is 7.05 Å². The summed E-state index contributed by atoms with van der Waals surface area (Å²) in [4.78, 5) is 10.8. The van der Waals surface area contributed by atoms with Crippen molar-refractivity contribution < 1.29 is 14.6 Å². The largest absolute Gasteiger partial charge is 0.489 e. The summed E-state index contributed by atoms with van der Waals surface area (Å²) in [5.41, 5.74) is 5.52. The van der Waals surface area contributed by atoms with E-state index in [0.717, 1.165) is 16.1 Å². The molecule has 0 aliphatic rings. The molecule has 0 saturated carbocycles. The fraction of sp³-hybridized carbons (Fsp3) is 0.188. The van der Waals surface area contributed by atoms with E-state index in [-0.39, 0.29) is 0 Å². The van der Waals surface area contributed by atoms with E-state index < -0.39 is 6.09 Å². The molecule has 5 heteroatoms. The van der Waals surface area contributed by atoms with Gasteiger partial charge in [-0.1, -0.05) is 36.4 Å². The highest BCUT2D eigenvalue weighted by Gasteiger charge is 2.08. The summed E-state index contributed by atoms with van der Waals surface area (Å²) < 4.78 is 5.72. The molecule has 2 rings (SSSR count). The highest BCUT2D eigenvalue weighted by atomic mass is 16.5. The second kappa shape index (κ2) is 6.65. The summed E-state index contributed by atoms with van der Waals surface area (Å²) in [6.45, 7) is 2.37. The monoisotopic (exact) mass is 286 g/mol. The average molecular weight is 286 g/mol. The Morgan fingerprint density at radius 1 is 1.24 bits per heavy atom. The van der Waals surface area contributed by atoms with Gasteiger partial charge in [0.2, 0.25) is 0 Å². The van der Waals surface area contributed by atoms with Crippen LogP contribution in [0.4, 0.5) is 10.5 Å². The maximum absolute atomic E-state index is 10.8. The summed E-state index contributed by atoms with van der Waals surface area (Å²) in [5, 5.41) is 9.89. The zero-order valence-electron chi connectivity index (χ0n) is 12.0. The van der Waals surface area contributed by atoms with Crippen molar-refractivity contribution >= 4 is 11.8 Å². The lowest BCUT2D eigenvalue weighted by molar-refractivity contribution is 0.164. The number of aryl methyl sites for hydroxylation is 1. The zero-order valence-corrected chi connectivity index (χ0v) is 12.0. The predicted octanol–water partition coefficient (Wildman–Crippen LogP) is 3.51. The number of nitrogens with zero attached hydrogens (tertiary/aromatic N) is 1. The first-order chi connectivity index (χ1) is 10.1. The summed E-state index contributed by atoms with van der Waals surface area (Å²) in [6.07, 6.45) is -1.05. The van der Waals surface area contributed by atoms with Gasteiger partial charge in [0.25, 0.3) is 0 Å². The van der Waals surface area contributed by atoms with Gasteiger partial charge in [0.05, 0.1) is 5.69 Å². The van der Waals surface area contributed by atoms with E-state index in [1.54, 1.807) is 6.07 Å². The molecule has 21 heavy (non-hydrogen) atoms. The standard InChI is InChI=1S/C16H18N2O3/c1-12-8-9-14(10-15(12)17-18(2)16(19)20)21-11-13-6-4-3-5-7-13/h3-10,17H,11H2,1-2H3,(H,19,20). The maximum Gasteiger partial charge on any atom is 0.425 e. The minimum atomic E-state index is -1.05. The number of hydrogen-bond donors (Lipinski definition) is 2. The molecule has 2 aromatic rings. The number of nitrogens with one attached hydrogen (secondary N) is 1. The van der Waals surface area contributed by atoms with Gasteiger partial charge in [-0.3, -0.25) is 5.43 Å². The van der Waals surface area contributed by atoms with E-state index in [0.29, 0.717) is 18.0 Å². The average Bonchev–Trinajstić information content (AvgIpc) is 2.49. The number of amides is 1. The third-order valence-electron chi connectivity index (χ3n) is 3.03. The molecule has 0 atom stereocenters. The Kier molecular flexibility index (Phi) is 4.66. The van der Waals surface area contributed by atoms with Gasteiger partial charge in [0, 0.05) is 13.1 Å². The second-order valence-electron chi connectivity index (χ2n) is 4.70. The number of anilines is 1. The smallest absolute Gasteiger partial charge is 0.425 e. The molecule has 0 aromatic heterocycles. The Morgan fingerprint density at radius 2 is 1.95 bits per heavy atom. The number of hydrogen-bond acceptors (Lipinski definition) is 3. The molecule has 5 nitrogen and oxygen atoms in total. The molecule has 110 valence electrons. The molecule has 0 aliphatic heterocycles. The van der Waals surface area contributed by atoms with Gasteiger partial charge >= 0.3 is 6.09 Å². The minimum absolute atomic E-state index is 0.470. The molecule has 0 bridgehead atoms. The molecule has 0 fully saturated rings. The topological polar surface area (TPSA) is 61.8 Å². The van der Waals surface area contributed by atoms with Crippen molar-refractivity contribution in [2.45, 2.75) is 13.5 Å². The molecular formula is C16H18N2O3. The number of ether oxygens (including phenoxy) is 1. The molecule has 2 N–H and O–H groups in total. The third kappa shape index (κ3) is 4.14. The lowest BCUT2D eigenvalue weighted by Crippen LogP contribution is -2.30. The van der Waals surface area contributed by atoms with Crippen molar-refractivity contribution in [3.05, 3.63) is 59.7 Å². The van der Waals surface area contributed by atoms with E-state index >= 15 is 0 Å². The molecule has 0 spiro atoms. The van der Waals surface area contributed by atoms with Crippen LogP contribution < -0.4 is 10.2 Å². The lowest BCUT2D eigenvalue weighted by atomic mass is 10.2. The Hall–Kier alpha value is -2.69. The predicted molar refractivity (Wildman–Crippen MR) is 81.4 cm³/mol. The number of hydrazine groups is 1. The van der Waals surface area contributed by atoms with Crippen molar-refractivity contribution in [1.82, 2.24) is 5.01 Å². The van der Waals surface area contributed by atoms with Crippen molar-refractivity contribution in [1.29, 1.82) is 0 Å². The fourth-order valence-corrected chi connectivity index (χ4v) is 1.78. The fourth-order valence-electron chi connectivity index (χ4n) is 1.78. The van der Waals surface area contributed by atoms with Crippen LogP contribution in [0, 0.1) is 6.92 Å². The molecule has 0 radical (unpaired) electrons. The van der Waals surface area contributed by atoms with Crippen LogP contribution in [0.5, 0.6) is 5.75 Å². The highest BCUT2D eigenvalue weighted by Crippen LogP contribution is 2.23. The highest BCUT2D eigenvalue weighted by molar-refractivity contribution is 5.68. The zero-order chi connectivity index (χ0) is 15.2. The number of carbonyl (C=O) groups is 1. The van der Waals surface area contributed by atoms with Gasteiger partial charge in [-0.2, -0.15) is 0 Å². The van der Waals surface area contributed by atoms with Crippen molar-refractivity contribution in [3.63, 3.8) is 0 Å². The molecule has 2 aromatic carbocycles. The van der Waals surface area contributed by atoms with Gasteiger partial charge in [0.1, 0.15) is 12.4 Å². The summed E-state index contributed by atoms with van der Waals surface area (Å²) in [7, 11) is 1.44. The van der Waals surface area contributed by atoms with Crippen LogP contribution in [0.3, 0.4) is 0 Å². The second-order valence-corrected chi connectivity index (χ2v) is 4.70. The van der Waals surface area contributed by atoms with Crippen LogP contribution in [0.25, 0.3) is 0 Å². The first-order valence-electron chi connectivity index (χ1n) is 6.57. The number of rotatable bonds is 5.